The molecule has 6 nitrogen and oxygen atoms in total. The Morgan fingerprint density at radius 1 is 1.43 bits per heavy atom. The number of aromatic nitrogens is 2. The summed E-state index contributed by atoms with van der Waals surface area (Å²) in [6.45, 7) is 2.81. The fourth-order valence-electron chi connectivity index (χ4n) is 2.91. The lowest BCUT2D eigenvalue weighted by molar-refractivity contribution is -0.143. The Balaban J connectivity index is 1.93. The van der Waals surface area contributed by atoms with Crippen LogP contribution in [0.2, 0.25) is 0 Å². The average molecular weight is 287 g/mol. The number of rotatable bonds is 2. The van der Waals surface area contributed by atoms with Crippen LogP contribution in [-0.2, 0) is 4.79 Å². The minimum Gasteiger partial charge on any atom is -0.481 e. The molecule has 0 spiro atoms. The molecular weight excluding hydrogens is 270 g/mol. The molecule has 1 fully saturated rings. The number of nitrogens with zero attached hydrogens (tertiary/aromatic N) is 2. The minimum atomic E-state index is -0.830. The number of carbonyl (C=O) groups excluding carboxylic acids is 1. The van der Waals surface area contributed by atoms with Gasteiger partial charge < -0.3 is 10.0 Å². The molecule has 0 saturated carbocycles. The smallest absolute Gasteiger partial charge is 0.308 e. The number of carbonyl (C=O) groups is 2. The van der Waals surface area contributed by atoms with Crippen LogP contribution in [0.3, 0.4) is 0 Å². The van der Waals surface area contributed by atoms with Gasteiger partial charge in [-0.15, -0.1) is 0 Å². The van der Waals surface area contributed by atoms with Crippen molar-refractivity contribution < 1.29 is 14.7 Å². The number of hydrogen-bond donors (Lipinski definition) is 2. The van der Waals surface area contributed by atoms with E-state index in [0.29, 0.717) is 24.0 Å². The first kappa shape index (κ1) is 13.6. The zero-order chi connectivity index (χ0) is 15.0. The number of benzene rings is 1. The molecule has 110 valence electrons. The van der Waals surface area contributed by atoms with Gasteiger partial charge in [-0.05, 0) is 37.5 Å². The van der Waals surface area contributed by atoms with E-state index in [0.717, 1.165) is 17.4 Å². The van der Waals surface area contributed by atoms with Crippen LogP contribution >= 0.6 is 0 Å². The number of nitrogens with one attached hydrogen (secondary N) is 1. The second-order valence-corrected chi connectivity index (χ2v) is 5.58. The summed E-state index contributed by atoms with van der Waals surface area (Å²) < 4.78 is 0. The molecule has 1 aromatic carbocycles. The first-order valence-electron chi connectivity index (χ1n) is 7.02. The van der Waals surface area contributed by atoms with E-state index in [1.165, 1.54) is 0 Å². The molecule has 1 amide bonds. The standard InChI is InChI=1S/C15H17N3O3/c1-9-5-11-7-16-17-13(11)12(6-9)14(19)18-4-2-3-10(8-18)15(20)21/h5-7,10H,2-4,8H2,1H3,(H,16,17)(H,20,21)/t10-/m0/s1. The Morgan fingerprint density at radius 3 is 3.00 bits per heavy atom. The van der Waals surface area contributed by atoms with Crippen molar-refractivity contribution in [2.45, 2.75) is 19.8 Å². The maximum Gasteiger partial charge on any atom is 0.308 e. The van der Waals surface area contributed by atoms with Crippen molar-refractivity contribution in [2.24, 2.45) is 5.92 Å². The number of carboxylic acids is 1. The Morgan fingerprint density at radius 2 is 2.24 bits per heavy atom. The SMILES string of the molecule is Cc1cc(C(=O)N2CCC[C@H](C(=O)O)C2)c2[nH]ncc2c1. The molecule has 1 aliphatic rings. The lowest BCUT2D eigenvalue weighted by atomic mass is 9.97. The third-order valence-corrected chi connectivity index (χ3v) is 3.98. The van der Waals surface area contributed by atoms with Crippen molar-refractivity contribution in [3.05, 3.63) is 29.5 Å². The molecule has 0 radical (unpaired) electrons. The van der Waals surface area contributed by atoms with E-state index in [2.05, 4.69) is 10.2 Å². The number of aliphatic carboxylic acids is 1. The number of carboxylic acid groups (broad SMARTS) is 1. The minimum absolute atomic E-state index is 0.126. The van der Waals surface area contributed by atoms with Crippen LogP contribution in [0.25, 0.3) is 10.9 Å². The zero-order valence-electron chi connectivity index (χ0n) is 11.8. The number of fused-ring (bicyclic) bond motifs is 1. The van der Waals surface area contributed by atoms with Gasteiger partial charge >= 0.3 is 5.97 Å². The van der Waals surface area contributed by atoms with E-state index >= 15 is 0 Å². The van der Waals surface area contributed by atoms with E-state index in [4.69, 9.17) is 5.11 Å². The highest BCUT2D eigenvalue weighted by molar-refractivity contribution is 6.05. The van der Waals surface area contributed by atoms with Crippen LogP contribution in [-0.4, -0.2) is 45.2 Å². The second-order valence-electron chi connectivity index (χ2n) is 5.58. The number of amides is 1. The predicted octanol–water partition coefficient (Wildman–Crippen LogP) is 1.81. The summed E-state index contributed by atoms with van der Waals surface area (Å²) in [7, 11) is 0. The van der Waals surface area contributed by atoms with Crippen LogP contribution < -0.4 is 0 Å². The van der Waals surface area contributed by atoms with E-state index in [9.17, 15) is 9.59 Å². The quantitative estimate of drug-likeness (QED) is 0.882. The number of likely N-dealkylation sites (tertiary alicyclic amines) is 1. The first-order valence-corrected chi connectivity index (χ1v) is 7.02. The molecule has 6 heteroatoms. The van der Waals surface area contributed by atoms with Crippen molar-refractivity contribution >= 4 is 22.8 Å². The maximum absolute atomic E-state index is 12.7. The molecule has 2 heterocycles. The van der Waals surface area contributed by atoms with Gasteiger partial charge in [-0.25, -0.2) is 0 Å². The van der Waals surface area contributed by atoms with Crippen LogP contribution in [0, 0.1) is 12.8 Å². The summed E-state index contributed by atoms with van der Waals surface area (Å²) in [6.07, 6.45) is 3.04. The molecule has 0 aliphatic carbocycles. The highest BCUT2D eigenvalue weighted by Gasteiger charge is 2.29. The highest BCUT2D eigenvalue weighted by Crippen LogP contribution is 2.23. The molecule has 2 N–H and O–H groups in total. The van der Waals surface area contributed by atoms with Gasteiger partial charge in [0.25, 0.3) is 5.91 Å². The lowest BCUT2D eigenvalue weighted by Gasteiger charge is -2.30. The third-order valence-electron chi connectivity index (χ3n) is 3.98. The van der Waals surface area contributed by atoms with E-state index in [1.807, 2.05) is 19.1 Å². The van der Waals surface area contributed by atoms with Gasteiger partial charge in [0.2, 0.25) is 0 Å². The van der Waals surface area contributed by atoms with Crippen molar-refractivity contribution in [2.75, 3.05) is 13.1 Å². The molecular formula is C15H17N3O3. The molecule has 1 saturated heterocycles. The summed E-state index contributed by atoms with van der Waals surface area (Å²) in [6, 6.07) is 3.79. The Hall–Kier alpha value is -2.37. The Bertz CT molecular complexity index is 707. The lowest BCUT2D eigenvalue weighted by Crippen LogP contribution is -2.42. The van der Waals surface area contributed by atoms with Crippen LogP contribution in [0.4, 0.5) is 0 Å². The van der Waals surface area contributed by atoms with Gasteiger partial charge in [-0.1, -0.05) is 0 Å². The van der Waals surface area contributed by atoms with Crippen LogP contribution in [0.1, 0.15) is 28.8 Å². The van der Waals surface area contributed by atoms with Crippen molar-refractivity contribution in [1.82, 2.24) is 15.1 Å². The molecule has 2 aromatic rings. The summed E-state index contributed by atoms with van der Waals surface area (Å²) in [5.74, 6) is -1.42. The molecule has 1 atom stereocenters. The van der Waals surface area contributed by atoms with Crippen molar-refractivity contribution in [3.8, 4) is 0 Å². The van der Waals surface area contributed by atoms with Gasteiger partial charge in [-0.2, -0.15) is 5.10 Å². The largest absolute Gasteiger partial charge is 0.481 e. The van der Waals surface area contributed by atoms with Gasteiger partial charge in [-0.3, -0.25) is 14.7 Å². The van der Waals surface area contributed by atoms with Crippen LogP contribution in [0.5, 0.6) is 0 Å². The monoisotopic (exact) mass is 287 g/mol. The number of H-pyrrole nitrogens is 1. The fraction of sp³-hybridized carbons (Fsp3) is 0.400. The average Bonchev–Trinajstić information content (AvgIpc) is 2.93. The predicted molar refractivity (Wildman–Crippen MR) is 77.1 cm³/mol. The topological polar surface area (TPSA) is 86.3 Å². The highest BCUT2D eigenvalue weighted by atomic mass is 16.4. The molecule has 1 aliphatic heterocycles. The van der Waals surface area contributed by atoms with Crippen LogP contribution in [0.15, 0.2) is 18.3 Å². The van der Waals surface area contributed by atoms with Crippen molar-refractivity contribution in [3.63, 3.8) is 0 Å². The fourth-order valence-corrected chi connectivity index (χ4v) is 2.91. The summed E-state index contributed by atoms with van der Waals surface area (Å²) in [5, 5.41) is 16.9. The Kier molecular flexibility index (Phi) is 3.37. The third kappa shape index (κ3) is 2.49. The summed E-state index contributed by atoms with van der Waals surface area (Å²) in [4.78, 5) is 25.5. The van der Waals surface area contributed by atoms with E-state index in [-0.39, 0.29) is 12.5 Å². The Labute approximate surface area is 121 Å². The van der Waals surface area contributed by atoms with Gasteiger partial charge in [0.05, 0.1) is 23.2 Å². The van der Waals surface area contributed by atoms with Gasteiger partial charge in [0.1, 0.15) is 0 Å². The summed E-state index contributed by atoms with van der Waals surface area (Å²) >= 11 is 0. The molecule has 3 rings (SSSR count). The number of hydrogen-bond acceptors (Lipinski definition) is 3. The maximum atomic E-state index is 12.7. The molecule has 0 bridgehead atoms. The zero-order valence-corrected chi connectivity index (χ0v) is 11.8. The molecule has 1 aromatic heterocycles. The molecule has 21 heavy (non-hydrogen) atoms. The van der Waals surface area contributed by atoms with E-state index < -0.39 is 11.9 Å². The van der Waals surface area contributed by atoms with E-state index in [1.54, 1.807) is 11.1 Å². The van der Waals surface area contributed by atoms with Gasteiger partial charge in [0, 0.05) is 18.5 Å². The number of piperidine rings is 1. The number of aryl methyl sites for hydroxylation is 1. The first-order chi connectivity index (χ1) is 10.1. The molecule has 0 unspecified atom stereocenters. The van der Waals surface area contributed by atoms with Crippen molar-refractivity contribution in [1.29, 1.82) is 0 Å². The number of aromatic amines is 1. The normalized spacial score (nSPS) is 18.9. The summed E-state index contributed by atoms with van der Waals surface area (Å²) in [5.41, 5.74) is 2.26. The second kappa shape index (κ2) is 5.20. The van der Waals surface area contributed by atoms with Gasteiger partial charge in [0.15, 0.2) is 0 Å².